The summed E-state index contributed by atoms with van der Waals surface area (Å²) in [6, 6.07) is 15.4. The molecule has 0 radical (unpaired) electrons. The average molecular weight is 314 g/mol. The Hall–Kier alpha value is -2.86. The molecule has 0 saturated heterocycles. The van der Waals surface area contributed by atoms with Crippen LogP contribution in [-0.4, -0.2) is 29.8 Å². The summed E-state index contributed by atoms with van der Waals surface area (Å²) >= 11 is 0. The van der Waals surface area contributed by atoms with E-state index in [0.29, 0.717) is 6.42 Å². The van der Waals surface area contributed by atoms with Gasteiger partial charge in [0.25, 0.3) is 0 Å². The van der Waals surface area contributed by atoms with Crippen LogP contribution in [0.25, 0.3) is 0 Å². The Morgan fingerprint density at radius 2 is 1.74 bits per heavy atom. The van der Waals surface area contributed by atoms with Crippen LogP contribution in [0.1, 0.15) is 15.9 Å². The molecule has 2 rings (SSSR count). The van der Waals surface area contributed by atoms with E-state index in [1.165, 1.54) is 12.1 Å². The van der Waals surface area contributed by atoms with Gasteiger partial charge < -0.3 is 15.6 Å². The molecule has 0 bridgehead atoms. The Morgan fingerprint density at radius 1 is 1.09 bits per heavy atom. The van der Waals surface area contributed by atoms with E-state index in [1.807, 2.05) is 30.3 Å². The molecule has 2 aromatic carbocycles. The highest BCUT2D eigenvalue weighted by molar-refractivity contribution is 5.98. The monoisotopic (exact) mass is 314 g/mol. The summed E-state index contributed by atoms with van der Waals surface area (Å²) < 4.78 is 5.05. The van der Waals surface area contributed by atoms with E-state index in [-0.39, 0.29) is 23.9 Å². The van der Waals surface area contributed by atoms with Gasteiger partial charge in [-0.25, -0.2) is 9.59 Å². The fraction of sp³-hybridized carbons (Fsp3) is 0.176. The van der Waals surface area contributed by atoms with Crippen molar-refractivity contribution >= 4 is 17.7 Å². The lowest BCUT2D eigenvalue weighted by Gasteiger charge is -2.13. The lowest BCUT2D eigenvalue weighted by Crippen LogP contribution is -2.31. The Balaban J connectivity index is 1.85. The Labute approximate surface area is 133 Å². The van der Waals surface area contributed by atoms with Crippen LogP contribution in [0.15, 0.2) is 54.6 Å². The van der Waals surface area contributed by atoms with Crippen molar-refractivity contribution in [2.24, 2.45) is 5.73 Å². The van der Waals surface area contributed by atoms with Crippen molar-refractivity contribution in [3.63, 3.8) is 0 Å². The number of aromatic carboxylic acids is 1. The number of benzene rings is 2. The predicted molar refractivity (Wildman–Crippen MR) is 86.5 cm³/mol. The van der Waals surface area contributed by atoms with Gasteiger partial charge in [-0.3, -0.25) is 5.32 Å². The van der Waals surface area contributed by atoms with Crippen LogP contribution in [-0.2, 0) is 11.2 Å². The van der Waals surface area contributed by atoms with Crippen molar-refractivity contribution in [3.05, 3.63) is 65.7 Å². The summed E-state index contributed by atoms with van der Waals surface area (Å²) in [5, 5.41) is 11.5. The van der Waals surface area contributed by atoms with E-state index < -0.39 is 12.1 Å². The van der Waals surface area contributed by atoms with Crippen molar-refractivity contribution in [2.75, 3.05) is 11.9 Å². The number of rotatable bonds is 6. The van der Waals surface area contributed by atoms with Gasteiger partial charge in [0.1, 0.15) is 6.61 Å². The highest BCUT2D eigenvalue weighted by atomic mass is 16.5. The number of carbonyl (C=O) groups is 2. The van der Waals surface area contributed by atoms with Gasteiger partial charge >= 0.3 is 12.1 Å². The number of carbonyl (C=O) groups excluding carboxylic acids is 1. The molecule has 0 fully saturated rings. The van der Waals surface area contributed by atoms with Crippen molar-refractivity contribution in [1.82, 2.24) is 0 Å². The molecule has 23 heavy (non-hydrogen) atoms. The standard InChI is InChI=1S/C17H18N2O4/c18-13(10-12-6-2-1-3-7-12)11-23-17(22)19-15-9-5-4-8-14(15)16(20)21/h1-9,13H,10-11,18H2,(H,19,22)(H,20,21)/t13-/m1/s1. The van der Waals surface area contributed by atoms with E-state index in [4.69, 9.17) is 15.6 Å². The van der Waals surface area contributed by atoms with Crippen LogP contribution >= 0.6 is 0 Å². The second-order valence-corrected chi connectivity index (χ2v) is 5.02. The Kier molecular flexibility index (Phi) is 5.71. The third-order valence-corrected chi connectivity index (χ3v) is 3.16. The SMILES string of the molecule is N[C@@H](COC(=O)Nc1ccccc1C(=O)O)Cc1ccccc1. The second-order valence-electron chi connectivity index (χ2n) is 5.02. The molecule has 1 atom stereocenters. The minimum atomic E-state index is -1.12. The number of ether oxygens (including phenoxy) is 1. The maximum atomic E-state index is 11.8. The number of nitrogens with two attached hydrogens (primary N) is 1. The molecular weight excluding hydrogens is 296 g/mol. The van der Waals surface area contributed by atoms with Gasteiger partial charge in [-0.2, -0.15) is 0 Å². The molecule has 120 valence electrons. The zero-order valence-electron chi connectivity index (χ0n) is 12.4. The first-order valence-corrected chi connectivity index (χ1v) is 7.12. The zero-order valence-corrected chi connectivity index (χ0v) is 12.4. The van der Waals surface area contributed by atoms with Crippen LogP contribution < -0.4 is 11.1 Å². The number of para-hydroxylation sites is 1. The summed E-state index contributed by atoms with van der Waals surface area (Å²) in [5.74, 6) is -1.12. The molecule has 0 aromatic heterocycles. The molecule has 0 saturated carbocycles. The third-order valence-electron chi connectivity index (χ3n) is 3.16. The van der Waals surface area contributed by atoms with Crippen molar-refractivity contribution in [3.8, 4) is 0 Å². The molecule has 0 unspecified atom stereocenters. The van der Waals surface area contributed by atoms with Gasteiger partial charge in [-0.15, -0.1) is 0 Å². The van der Waals surface area contributed by atoms with Gasteiger partial charge in [-0.05, 0) is 24.1 Å². The van der Waals surface area contributed by atoms with Crippen LogP contribution in [0.2, 0.25) is 0 Å². The molecule has 6 heteroatoms. The van der Waals surface area contributed by atoms with E-state index in [1.54, 1.807) is 12.1 Å². The highest BCUT2D eigenvalue weighted by Gasteiger charge is 2.13. The first-order valence-electron chi connectivity index (χ1n) is 7.12. The number of carboxylic acids is 1. The third kappa shape index (κ3) is 5.12. The average Bonchev–Trinajstić information content (AvgIpc) is 2.54. The number of amides is 1. The molecule has 2 aromatic rings. The maximum absolute atomic E-state index is 11.8. The summed E-state index contributed by atoms with van der Waals surface area (Å²) in [6.45, 7) is 0.0377. The van der Waals surface area contributed by atoms with E-state index >= 15 is 0 Å². The summed E-state index contributed by atoms with van der Waals surface area (Å²) in [6.07, 6.45) is -0.151. The molecule has 6 nitrogen and oxygen atoms in total. The number of hydrogen-bond acceptors (Lipinski definition) is 4. The summed E-state index contributed by atoms with van der Waals surface area (Å²) in [4.78, 5) is 22.8. The van der Waals surface area contributed by atoms with Crippen LogP contribution in [0.3, 0.4) is 0 Å². The smallest absolute Gasteiger partial charge is 0.411 e. The molecule has 1 amide bonds. The van der Waals surface area contributed by atoms with E-state index in [2.05, 4.69) is 5.32 Å². The van der Waals surface area contributed by atoms with Crippen molar-refractivity contribution < 1.29 is 19.4 Å². The van der Waals surface area contributed by atoms with Gasteiger partial charge in [0.15, 0.2) is 0 Å². The van der Waals surface area contributed by atoms with Crippen LogP contribution in [0, 0.1) is 0 Å². The molecule has 0 spiro atoms. The first kappa shape index (κ1) is 16.5. The number of hydrogen-bond donors (Lipinski definition) is 3. The Morgan fingerprint density at radius 3 is 2.43 bits per heavy atom. The second kappa shape index (κ2) is 7.95. The normalized spacial score (nSPS) is 11.5. The van der Waals surface area contributed by atoms with E-state index in [0.717, 1.165) is 5.56 Å². The van der Waals surface area contributed by atoms with E-state index in [9.17, 15) is 9.59 Å². The molecule has 0 aliphatic rings. The predicted octanol–water partition coefficient (Wildman–Crippen LogP) is 2.50. The molecular formula is C17H18N2O4. The lowest BCUT2D eigenvalue weighted by molar-refractivity contribution is 0.0698. The van der Waals surface area contributed by atoms with Gasteiger partial charge in [0.05, 0.1) is 11.3 Å². The zero-order chi connectivity index (χ0) is 16.7. The maximum Gasteiger partial charge on any atom is 0.411 e. The van der Waals surface area contributed by atoms with Gasteiger partial charge in [0.2, 0.25) is 0 Å². The van der Waals surface area contributed by atoms with Gasteiger partial charge in [-0.1, -0.05) is 42.5 Å². The summed E-state index contributed by atoms with van der Waals surface area (Å²) in [5.41, 5.74) is 7.16. The van der Waals surface area contributed by atoms with Crippen molar-refractivity contribution in [1.29, 1.82) is 0 Å². The van der Waals surface area contributed by atoms with Crippen LogP contribution in [0.4, 0.5) is 10.5 Å². The molecule has 0 aliphatic heterocycles. The van der Waals surface area contributed by atoms with Crippen molar-refractivity contribution in [2.45, 2.75) is 12.5 Å². The highest BCUT2D eigenvalue weighted by Crippen LogP contribution is 2.15. The number of anilines is 1. The summed E-state index contributed by atoms with van der Waals surface area (Å²) in [7, 11) is 0. The minimum absolute atomic E-state index is 0.00182. The fourth-order valence-electron chi connectivity index (χ4n) is 2.08. The van der Waals surface area contributed by atoms with Crippen LogP contribution in [0.5, 0.6) is 0 Å². The van der Waals surface area contributed by atoms with Gasteiger partial charge in [0, 0.05) is 6.04 Å². The number of nitrogens with one attached hydrogen (secondary N) is 1. The quantitative estimate of drug-likeness (QED) is 0.760. The first-order chi connectivity index (χ1) is 11.1. The molecule has 4 N–H and O–H groups in total. The topological polar surface area (TPSA) is 102 Å². The number of carboxylic acid groups (broad SMARTS) is 1. The minimum Gasteiger partial charge on any atom is -0.478 e. The lowest BCUT2D eigenvalue weighted by atomic mass is 10.1. The fourth-order valence-corrected chi connectivity index (χ4v) is 2.08. The molecule has 0 aliphatic carbocycles. The molecule has 0 heterocycles. The Bertz CT molecular complexity index is 673. The largest absolute Gasteiger partial charge is 0.478 e.